The van der Waals surface area contributed by atoms with Crippen molar-refractivity contribution in [2.45, 2.75) is 17.0 Å². The number of thioether (sulfide) groups is 1. The maximum Gasteiger partial charge on any atom is 0.271 e. The highest BCUT2D eigenvalue weighted by Gasteiger charge is 2.27. The normalized spacial score (nSPS) is 11.3. The third-order valence-corrected chi connectivity index (χ3v) is 7.22. The molecule has 0 unspecified atom stereocenters. The van der Waals surface area contributed by atoms with Crippen LogP contribution in [0.3, 0.4) is 0 Å². The average molecular weight is 468 g/mol. The van der Waals surface area contributed by atoms with E-state index in [0.29, 0.717) is 11.3 Å². The molecule has 2 aromatic heterocycles. The van der Waals surface area contributed by atoms with Gasteiger partial charge in [0, 0.05) is 25.1 Å². The first kappa shape index (κ1) is 21.7. The van der Waals surface area contributed by atoms with Crippen molar-refractivity contribution in [1.82, 2.24) is 19.2 Å². The van der Waals surface area contributed by atoms with Gasteiger partial charge in [-0.2, -0.15) is 3.97 Å². The number of rotatable bonds is 7. The van der Waals surface area contributed by atoms with E-state index in [2.05, 4.69) is 20.5 Å². The Labute approximate surface area is 191 Å². The van der Waals surface area contributed by atoms with Gasteiger partial charge in [0.25, 0.3) is 10.0 Å². The van der Waals surface area contributed by atoms with Crippen molar-refractivity contribution in [3.05, 3.63) is 84.7 Å². The molecule has 2 heterocycles. The molecule has 164 valence electrons. The van der Waals surface area contributed by atoms with Crippen LogP contribution in [-0.2, 0) is 14.8 Å². The van der Waals surface area contributed by atoms with Gasteiger partial charge < -0.3 is 5.32 Å². The monoisotopic (exact) mass is 467 g/mol. The Morgan fingerprint density at radius 3 is 2.38 bits per heavy atom. The van der Waals surface area contributed by atoms with Crippen LogP contribution in [0.1, 0.15) is 6.99 Å². The van der Waals surface area contributed by atoms with Gasteiger partial charge in [-0.3, -0.25) is 9.78 Å². The summed E-state index contributed by atoms with van der Waals surface area (Å²) in [5.41, 5.74) is 2.14. The third-order valence-electron chi connectivity index (χ3n) is 4.48. The number of carbonyl (C=O) groups is 1. The first-order chi connectivity index (χ1) is 15.4. The van der Waals surface area contributed by atoms with Gasteiger partial charge in [0.15, 0.2) is 5.82 Å². The van der Waals surface area contributed by atoms with Gasteiger partial charge in [-0.05, 0) is 43.3 Å². The molecule has 0 aliphatic carbocycles. The SMILES string of the molecule is Cc1ccc(S(=O)(=O)n2c(SCC(=O)Nc3ccccc3)nnc2-c2ccncc2)cc1.[HH]. The van der Waals surface area contributed by atoms with Crippen molar-refractivity contribution in [3.8, 4) is 11.4 Å². The lowest BCUT2D eigenvalue weighted by molar-refractivity contribution is -0.113. The Morgan fingerprint density at radius 2 is 1.69 bits per heavy atom. The number of anilines is 1. The molecule has 0 radical (unpaired) electrons. The molecule has 4 rings (SSSR count). The van der Waals surface area contributed by atoms with E-state index >= 15 is 0 Å². The van der Waals surface area contributed by atoms with Crippen molar-refractivity contribution < 1.29 is 14.6 Å². The van der Waals surface area contributed by atoms with Crippen LogP contribution in [-0.4, -0.2) is 39.2 Å². The van der Waals surface area contributed by atoms with Crippen LogP contribution in [0.15, 0.2) is 89.2 Å². The van der Waals surface area contributed by atoms with Gasteiger partial charge in [0.05, 0.1) is 10.6 Å². The minimum absolute atomic E-state index is 0. The van der Waals surface area contributed by atoms with Crippen LogP contribution in [0.4, 0.5) is 5.69 Å². The van der Waals surface area contributed by atoms with E-state index < -0.39 is 10.0 Å². The summed E-state index contributed by atoms with van der Waals surface area (Å²) in [5, 5.41) is 11.1. The molecule has 32 heavy (non-hydrogen) atoms. The molecule has 1 N–H and O–H groups in total. The van der Waals surface area contributed by atoms with E-state index in [4.69, 9.17) is 0 Å². The molecule has 0 aliphatic rings. The highest BCUT2D eigenvalue weighted by Crippen LogP contribution is 2.29. The molecule has 0 bridgehead atoms. The smallest absolute Gasteiger partial charge is 0.271 e. The molecule has 2 aromatic carbocycles. The maximum absolute atomic E-state index is 13.5. The molecule has 0 spiro atoms. The summed E-state index contributed by atoms with van der Waals surface area (Å²) in [6, 6.07) is 18.9. The molecule has 4 aromatic rings. The van der Waals surface area contributed by atoms with Crippen LogP contribution in [0, 0.1) is 6.92 Å². The van der Waals surface area contributed by atoms with E-state index in [1.54, 1.807) is 48.8 Å². The van der Waals surface area contributed by atoms with E-state index in [0.717, 1.165) is 21.3 Å². The zero-order chi connectivity index (χ0) is 22.6. The second kappa shape index (κ2) is 9.33. The summed E-state index contributed by atoms with van der Waals surface area (Å²) in [6.45, 7) is 1.88. The van der Waals surface area contributed by atoms with Crippen molar-refractivity contribution in [1.29, 1.82) is 0 Å². The van der Waals surface area contributed by atoms with E-state index in [9.17, 15) is 13.2 Å². The molecule has 8 nitrogen and oxygen atoms in total. The average Bonchev–Trinajstić information content (AvgIpc) is 3.24. The molecular weight excluding hydrogens is 446 g/mol. The first-order valence-electron chi connectivity index (χ1n) is 9.61. The van der Waals surface area contributed by atoms with E-state index in [1.165, 1.54) is 12.1 Å². The number of amides is 1. The maximum atomic E-state index is 13.5. The topological polar surface area (TPSA) is 107 Å². The molecular formula is C22H21N5O3S2. The summed E-state index contributed by atoms with van der Waals surface area (Å²) >= 11 is 0.997. The fourth-order valence-corrected chi connectivity index (χ4v) is 5.30. The highest BCUT2D eigenvalue weighted by molar-refractivity contribution is 8.00. The van der Waals surface area contributed by atoms with Crippen LogP contribution in [0.25, 0.3) is 11.4 Å². The van der Waals surface area contributed by atoms with Crippen molar-refractivity contribution in [3.63, 3.8) is 0 Å². The second-order valence-corrected chi connectivity index (χ2v) is 9.56. The zero-order valence-corrected chi connectivity index (χ0v) is 18.7. The molecule has 0 saturated heterocycles. The van der Waals surface area contributed by atoms with Crippen molar-refractivity contribution >= 4 is 33.4 Å². The lowest BCUT2D eigenvalue weighted by Gasteiger charge is -2.11. The van der Waals surface area contributed by atoms with Gasteiger partial charge in [0.1, 0.15) is 0 Å². The molecule has 0 fully saturated rings. The van der Waals surface area contributed by atoms with Crippen LogP contribution < -0.4 is 5.32 Å². The summed E-state index contributed by atoms with van der Waals surface area (Å²) in [4.78, 5) is 16.5. The quantitative estimate of drug-likeness (QED) is 0.411. The summed E-state index contributed by atoms with van der Waals surface area (Å²) in [6.07, 6.45) is 3.10. The number of para-hydroxylation sites is 1. The Morgan fingerprint density at radius 1 is 1.00 bits per heavy atom. The van der Waals surface area contributed by atoms with Crippen LogP contribution in [0.2, 0.25) is 0 Å². The lowest BCUT2D eigenvalue weighted by atomic mass is 10.2. The van der Waals surface area contributed by atoms with Crippen LogP contribution >= 0.6 is 11.8 Å². The fraction of sp³-hybridized carbons (Fsp3) is 0.0909. The number of pyridine rings is 1. The van der Waals surface area contributed by atoms with Crippen molar-refractivity contribution in [2.75, 3.05) is 11.1 Å². The largest absolute Gasteiger partial charge is 0.325 e. The predicted molar refractivity (Wildman–Crippen MR) is 125 cm³/mol. The molecule has 1 amide bonds. The Bertz CT molecular complexity index is 1330. The minimum Gasteiger partial charge on any atom is -0.325 e. The number of benzene rings is 2. The number of hydrogen-bond donors (Lipinski definition) is 1. The number of carbonyl (C=O) groups excluding carboxylic acids is 1. The number of aryl methyl sites for hydroxylation is 1. The number of nitrogens with one attached hydrogen (secondary N) is 1. The summed E-state index contributed by atoms with van der Waals surface area (Å²) in [5.74, 6) is -0.167. The molecule has 0 aliphatic heterocycles. The Balaban J connectivity index is 0.00000306. The first-order valence-corrected chi connectivity index (χ1v) is 12.0. The van der Waals surface area contributed by atoms with Gasteiger partial charge in [0.2, 0.25) is 11.1 Å². The molecule has 10 heteroatoms. The lowest BCUT2D eigenvalue weighted by Crippen LogP contribution is -2.18. The van der Waals surface area contributed by atoms with Gasteiger partial charge in [-0.15, -0.1) is 10.2 Å². The Kier molecular flexibility index (Phi) is 6.33. The standard InChI is InChI=1S/C22H19N5O3S2.H2/c1-16-7-9-19(10-8-16)32(29,30)27-21(17-11-13-23-14-12-17)25-26-22(27)31-15-20(28)24-18-5-3-2-4-6-18;/h2-14H,15H2,1H3,(H,24,28);1H. The minimum atomic E-state index is -4.01. The second-order valence-electron chi connectivity index (χ2n) is 6.83. The zero-order valence-electron chi connectivity index (χ0n) is 17.0. The molecule has 0 saturated carbocycles. The van der Waals surface area contributed by atoms with Crippen molar-refractivity contribution in [2.24, 2.45) is 0 Å². The summed E-state index contributed by atoms with van der Waals surface area (Å²) < 4.78 is 28.1. The highest BCUT2D eigenvalue weighted by atomic mass is 32.2. The van der Waals surface area contributed by atoms with E-state index in [1.807, 2.05) is 25.1 Å². The van der Waals surface area contributed by atoms with Crippen LogP contribution in [0.5, 0.6) is 0 Å². The predicted octanol–water partition coefficient (Wildman–Crippen LogP) is 3.86. The molecule has 0 atom stereocenters. The number of hydrogen-bond acceptors (Lipinski definition) is 7. The van der Waals surface area contributed by atoms with Gasteiger partial charge in [-0.1, -0.05) is 47.7 Å². The Hall–Kier alpha value is -3.50. The fourth-order valence-electron chi connectivity index (χ4n) is 2.91. The number of nitrogens with zero attached hydrogens (tertiary/aromatic N) is 4. The number of aromatic nitrogens is 4. The summed E-state index contributed by atoms with van der Waals surface area (Å²) in [7, 11) is -4.01. The third kappa shape index (κ3) is 4.71. The van der Waals surface area contributed by atoms with E-state index in [-0.39, 0.29) is 29.0 Å². The van der Waals surface area contributed by atoms with Gasteiger partial charge >= 0.3 is 0 Å². The van der Waals surface area contributed by atoms with Gasteiger partial charge in [-0.25, -0.2) is 8.42 Å².